The highest BCUT2D eigenvalue weighted by molar-refractivity contribution is 5.21. The molecular formula is C13H14N4O3. The largest absolute Gasteiger partial charge is 0.433 e. The van der Waals surface area contributed by atoms with Gasteiger partial charge < -0.3 is 4.42 Å². The van der Waals surface area contributed by atoms with Crippen molar-refractivity contribution >= 4 is 5.88 Å². The molecule has 20 heavy (non-hydrogen) atoms. The Bertz CT molecular complexity index is 653. The Morgan fingerprint density at radius 3 is 3.10 bits per heavy atom. The summed E-state index contributed by atoms with van der Waals surface area (Å²) >= 11 is 0. The fourth-order valence-corrected chi connectivity index (χ4v) is 2.38. The molecule has 7 heteroatoms. The van der Waals surface area contributed by atoms with Crippen LogP contribution in [0.5, 0.6) is 0 Å². The van der Waals surface area contributed by atoms with E-state index >= 15 is 0 Å². The first-order chi connectivity index (χ1) is 9.61. The van der Waals surface area contributed by atoms with Gasteiger partial charge in [0.05, 0.1) is 12.6 Å². The molecule has 0 atom stereocenters. The summed E-state index contributed by atoms with van der Waals surface area (Å²) in [6, 6.07) is 3.04. The minimum Gasteiger partial charge on any atom is -0.404 e. The lowest BCUT2D eigenvalue weighted by atomic mass is 10.1. The molecule has 3 heterocycles. The van der Waals surface area contributed by atoms with E-state index in [1.165, 1.54) is 6.07 Å². The van der Waals surface area contributed by atoms with Crippen molar-refractivity contribution in [3.63, 3.8) is 0 Å². The van der Waals surface area contributed by atoms with Gasteiger partial charge in [-0.05, 0) is 13.0 Å². The lowest BCUT2D eigenvalue weighted by molar-refractivity contribution is -0.402. The molecule has 0 aromatic carbocycles. The van der Waals surface area contributed by atoms with Crippen molar-refractivity contribution in [1.82, 2.24) is 14.9 Å². The topological polar surface area (TPSA) is 85.3 Å². The second-order valence-corrected chi connectivity index (χ2v) is 4.85. The second kappa shape index (κ2) is 5.01. The van der Waals surface area contributed by atoms with E-state index in [-0.39, 0.29) is 5.88 Å². The SMILES string of the molecule is Cc1ncc2c(n1)CCN(Cc1ccc([N+](=O)[O-])o1)C2. The molecule has 0 fully saturated rings. The van der Waals surface area contributed by atoms with Crippen LogP contribution in [0, 0.1) is 17.0 Å². The molecule has 2 aromatic heterocycles. The van der Waals surface area contributed by atoms with Gasteiger partial charge in [-0.1, -0.05) is 0 Å². The van der Waals surface area contributed by atoms with Gasteiger partial charge >= 0.3 is 5.88 Å². The van der Waals surface area contributed by atoms with Crippen LogP contribution in [-0.4, -0.2) is 26.3 Å². The molecule has 0 radical (unpaired) electrons. The zero-order valence-corrected chi connectivity index (χ0v) is 11.1. The maximum absolute atomic E-state index is 10.6. The zero-order valence-electron chi connectivity index (χ0n) is 11.1. The first-order valence-electron chi connectivity index (χ1n) is 6.38. The van der Waals surface area contributed by atoms with Crippen molar-refractivity contribution in [1.29, 1.82) is 0 Å². The van der Waals surface area contributed by atoms with Crippen molar-refractivity contribution < 1.29 is 9.34 Å². The van der Waals surface area contributed by atoms with E-state index in [0.717, 1.165) is 36.6 Å². The van der Waals surface area contributed by atoms with Crippen LogP contribution in [0.1, 0.15) is 22.8 Å². The van der Waals surface area contributed by atoms with Crippen molar-refractivity contribution in [2.45, 2.75) is 26.4 Å². The van der Waals surface area contributed by atoms with Gasteiger partial charge in [0.15, 0.2) is 0 Å². The maximum atomic E-state index is 10.6. The first-order valence-corrected chi connectivity index (χ1v) is 6.38. The van der Waals surface area contributed by atoms with Gasteiger partial charge in [0.1, 0.15) is 16.5 Å². The third kappa shape index (κ3) is 2.53. The molecule has 0 unspecified atom stereocenters. The molecule has 0 bridgehead atoms. The molecular weight excluding hydrogens is 260 g/mol. The van der Waals surface area contributed by atoms with Crippen LogP contribution < -0.4 is 0 Å². The molecule has 0 amide bonds. The molecule has 2 aromatic rings. The van der Waals surface area contributed by atoms with Gasteiger partial charge in [-0.3, -0.25) is 15.0 Å². The fourth-order valence-electron chi connectivity index (χ4n) is 2.38. The van der Waals surface area contributed by atoms with E-state index in [2.05, 4.69) is 14.9 Å². The van der Waals surface area contributed by atoms with Gasteiger partial charge in [0.25, 0.3) is 0 Å². The Labute approximate surface area is 115 Å². The van der Waals surface area contributed by atoms with Crippen LogP contribution in [-0.2, 0) is 19.5 Å². The Morgan fingerprint density at radius 2 is 2.35 bits per heavy atom. The third-order valence-corrected chi connectivity index (χ3v) is 3.34. The summed E-state index contributed by atoms with van der Waals surface area (Å²) < 4.78 is 5.18. The summed E-state index contributed by atoms with van der Waals surface area (Å²) in [6.45, 7) is 4.04. The molecule has 3 rings (SSSR count). The molecule has 1 aliphatic heterocycles. The van der Waals surface area contributed by atoms with Crippen molar-refractivity contribution in [3.8, 4) is 0 Å². The van der Waals surface area contributed by atoms with Crippen molar-refractivity contribution in [2.24, 2.45) is 0 Å². The van der Waals surface area contributed by atoms with Gasteiger partial charge in [-0.25, -0.2) is 9.97 Å². The fraction of sp³-hybridized carbons (Fsp3) is 0.385. The van der Waals surface area contributed by atoms with E-state index in [9.17, 15) is 10.1 Å². The van der Waals surface area contributed by atoms with Gasteiger partial charge in [-0.15, -0.1) is 0 Å². The number of furan rings is 1. The minimum atomic E-state index is -0.522. The highest BCUT2D eigenvalue weighted by atomic mass is 16.6. The van der Waals surface area contributed by atoms with E-state index in [1.807, 2.05) is 13.1 Å². The number of nitro groups is 1. The lowest BCUT2D eigenvalue weighted by Gasteiger charge is -2.26. The summed E-state index contributed by atoms with van der Waals surface area (Å²) in [5.41, 5.74) is 2.21. The molecule has 0 N–H and O–H groups in total. The standard InChI is InChI=1S/C13H14N4O3/c1-9-14-6-10-7-16(5-4-12(10)15-9)8-11-2-3-13(20-11)17(18)19/h2-3,6H,4-5,7-8H2,1H3. The number of hydrogen-bond donors (Lipinski definition) is 0. The maximum Gasteiger partial charge on any atom is 0.433 e. The smallest absolute Gasteiger partial charge is 0.404 e. The normalized spacial score (nSPS) is 15.1. The Kier molecular flexibility index (Phi) is 3.19. The quantitative estimate of drug-likeness (QED) is 0.627. The summed E-state index contributed by atoms with van der Waals surface area (Å²) in [5, 5.41) is 10.6. The predicted molar refractivity (Wildman–Crippen MR) is 69.9 cm³/mol. The summed E-state index contributed by atoms with van der Waals surface area (Å²) in [7, 11) is 0. The molecule has 0 saturated heterocycles. The molecule has 1 aliphatic rings. The summed E-state index contributed by atoms with van der Waals surface area (Å²) in [6.07, 6.45) is 2.72. The second-order valence-electron chi connectivity index (χ2n) is 4.85. The number of rotatable bonds is 3. The zero-order chi connectivity index (χ0) is 14.1. The average molecular weight is 274 g/mol. The molecule has 104 valence electrons. The molecule has 0 spiro atoms. The number of aromatic nitrogens is 2. The van der Waals surface area contributed by atoms with E-state index < -0.39 is 4.92 Å². The highest BCUT2D eigenvalue weighted by Crippen LogP contribution is 2.21. The predicted octanol–water partition coefficient (Wildman–Crippen LogP) is 1.84. The Morgan fingerprint density at radius 1 is 1.50 bits per heavy atom. The number of hydrogen-bond acceptors (Lipinski definition) is 6. The monoisotopic (exact) mass is 274 g/mol. The third-order valence-electron chi connectivity index (χ3n) is 3.34. The number of nitrogens with zero attached hydrogens (tertiary/aromatic N) is 4. The van der Waals surface area contributed by atoms with E-state index in [1.54, 1.807) is 6.07 Å². The van der Waals surface area contributed by atoms with Crippen LogP contribution in [0.4, 0.5) is 5.88 Å². The van der Waals surface area contributed by atoms with Crippen LogP contribution in [0.3, 0.4) is 0 Å². The van der Waals surface area contributed by atoms with Gasteiger partial charge in [0, 0.05) is 37.0 Å². The van der Waals surface area contributed by atoms with Crippen molar-refractivity contribution in [2.75, 3.05) is 6.54 Å². The van der Waals surface area contributed by atoms with Crippen LogP contribution in [0.2, 0.25) is 0 Å². The number of aryl methyl sites for hydroxylation is 1. The average Bonchev–Trinajstić information content (AvgIpc) is 2.88. The number of fused-ring (bicyclic) bond motifs is 1. The van der Waals surface area contributed by atoms with Crippen LogP contribution in [0.25, 0.3) is 0 Å². The van der Waals surface area contributed by atoms with Gasteiger partial charge in [-0.2, -0.15) is 0 Å². The molecule has 0 saturated carbocycles. The van der Waals surface area contributed by atoms with Crippen molar-refractivity contribution in [3.05, 3.63) is 51.3 Å². The summed E-state index contributed by atoms with van der Waals surface area (Å²) in [4.78, 5) is 20.9. The summed E-state index contributed by atoms with van der Waals surface area (Å²) in [5.74, 6) is 1.18. The Hall–Kier alpha value is -2.28. The lowest BCUT2D eigenvalue weighted by Crippen LogP contribution is -2.30. The van der Waals surface area contributed by atoms with Gasteiger partial charge in [0.2, 0.25) is 0 Å². The molecule has 0 aliphatic carbocycles. The highest BCUT2D eigenvalue weighted by Gasteiger charge is 2.20. The Balaban J connectivity index is 1.70. The first kappa shape index (κ1) is 12.7. The molecule has 7 nitrogen and oxygen atoms in total. The minimum absolute atomic E-state index is 0.212. The van der Waals surface area contributed by atoms with Crippen LogP contribution in [0.15, 0.2) is 22.7 Å². The van der Waals surface area contributed by atoms with Crippen LogP contribution >= 0.6 is 0 Å². The van der Waals surface area contributed by atoms with E-state index in [4.69, 9.17) is 4.42 Å². The van der Waals surface area contributed by atoms with E-state index in [0.29, 0.717) is 12.3 Å².